The molecule has 0 aromatic carbocycles. The molecule has 0 fully saturated rings. The first-order valence-corrected chi connectivity index (χ1v) is 6.15. The summed E-state index contributed by atoms with van der Waals surface area (Å²) in [4.78, 5) is 12.8. The minimum absolute atomic E-state index is 0.521. The van der Waals surface area contributed by atoms with Crippen LogP contribution in [0.1, 0.15) is 11.4 Å². The van der Waals surface area contributed by atoms with Crippen LogP contribution in [0.4, 0.5) is 5.69 Å². The van der Waals surface area contributed by atoms with E-state index in [2.05, 4.69) is 15.0 Å². The van der Waals surface area contributed by atoms with Gasteiger partial charge in [-0.2, -0.15) is 0 Å². The summed E-state index contributed by atoms with van der Waals surface area (Å²) in [6.07, 6.45) is 1.56. The molecule has 2 aromatic rings. The molecule has 0 saturated heterocycles. The molecule has 6 heteroatoms. The van der Waals surface area contributed by atoms with Crippen LogP contribution in [-0.4, -0.2) is 15.0 Å². The lowest BCUT2D eigenvalue weighted by Crippen LogP contribution is -1.96. The highest BCUT2D eigenvalue weighted by Crippen LogP contribution is 2.29. The van der Waals surface area contributed by atoms with Crippen LogP contribution >= 0.6 is 23.4 Å². The summed E-state index contributed by atoms with van der Waals surface area (Å²) in [7, 11) is 0. The molecule has 2 rings (SSSR count). The van der Waals surface area contributed by atoms with Crippen LogP contribution in [0, 0.1) is 13.8 Å². The fourth-order valence-corrected chi connectivity index (χ4v) is 2.35. The van der Waals surface area contributed by atoms with Crippen molar-refractivity contribution in [3.05, 3.63) is 34.7 Å². The predicted octanol–water partition coefficient (Wildman–Crippen LogP) is 2.88. The average Bonchev–Trinajstić information content (AvgIpc) is 2.21. The fraction of sp³-hybridized carbons (Fsp3) is 0.182. The van der Waals surface area contributed by atoms with E-state index in [9.17, 15) is 0 Å². The van der Waals surface area contributed by atoms with E-state index in [0.29, 0.717) is 20.9 Å². The van der Waals surface area contributed by atoms with E-state index in [4.69, 9.17) is 17.3 Å². The Morgan fingerprint density at radius 2 is 1.82 bits per heavy atom. The van der Waals surface area contributed by atoms with E-state index < -0.39 is 0 Å². The molecular formula is C11H11ClN4S. The van der Waals surface area contributed by atoms with Crippen LogP contribution < -0.4 is 5.73 Å². The molecule has 0 aliphatic rings. The fourth-order valence-electron chi connectivity index (χ4n) is 1.35. The highest BCUT2D eigenvalue weighted by Gasteiger charge is 2.07. The van der Waals surface area contributed by atoms with E-state index >= 15 is 0 Å². The molecule has 0 aliphatic heterocycles. The minimum Gasteiger partial charge on any atom is -0.396 e. The zero-order chi connectivity index (χ0) is 12.4. The summed E-state index contributed by atoms with van der Waals surface area (Å²) >= 11 is 7.12. The van der Waals surface area contributed by atoms with Crippen LogP contribution in [0.3, 0.4) is 0 Å². The van der Waals surface area contributed by atoms with Crippen molar-refractivity contribution < 1.29 is 0 Å². The van der Waals surface area contributed by atoms with Gasteiger partial charge in [-0.05, 0) is 37.7 Å². The van der Waals surface area contributed by atoms with Crippen molar-refractivity contribution in [1.82, 2.24) is 15.0 Å². The first kappa shape index (κ1) is 12.1. The molecule has 0 spiro atoms. The normalized spacial score (nSPS) is 10.5. The first-order valence-electron chi connectivity index (χ1n) is 4.96. The average molecular weight is 267 g/mol. The first-order chi connectivity index (χ1) is 8.04. The summed E-state index contributed by atoms with van der Waals surface area (Å²) in [5.41, 5.74) is 8.20. The van der Waals surface area contributed by atoms with Gasteiger partial charge < -0.3 is 5.73 Å². The molecule has 4 nitrogen and oxygen atoms in total. The zero-order valence-electron chi connectivity index (χ0n) is 9.44. The molecule has 0 aliphatic carbocycles. The van der Waals surface area contributed by atoms with Gasteiger partial charge in [0.05, 0.1) is 10.7 Å². The molecule has 0 amide bonds. The van der Waals surface area contributed by atoms with E-state index in [0.717, 1.165) is 11.4 Å². The summed E-state index contributed by atoms with van der Waals surface area (Å²) in [6.45, 7) is 3.86. The molecular weight excluding hydrogens is 256 g/mol. The molecule has 0 saturated carbocycles. The lowest BCUT2D eigenvalue weighted by atomic mass is 10.4. The molecule has 0 bridgehead atoms. The number of nitrogens with zero attached hydrogens (tertiary/aromatic N) is 3. The number of anilines is 1. The maximum absolute atomic E-state index is 5.82. The Bertz CT molecular complexity index is 539. The van der Waals surface area contributed by atoms with Gasteiger partial charge in [0.2, 0.25) is 0 Å². The van der Waals surface area contributed by atoms with Crippen molar-refractivity contribution in [2.45, 2.75) is 24.0 Å². The largest absolute Gasteiger partial charge is 0.396 e. The van der Waals surface area contributed by atoms with E-state index in [1.54, 1.807) is 12.3 Å². The molecule has 2 heterocycles. The highest BCUT2D eigenvalue weighted by atomic mass is 35.5. The Morgan fingerprint density at radius 1 is 1.18 bits per heavy atom. The summed E-state index contributed by atoms with van der Waals surface area (Å²) in [6, 6.07) is 3.59. The standard InChI is InChI=1S/C11H11ClN4S/c1-6-3-7(2)16-11(15-6)17-10-9(13)4-8(12)5-14-10/h3-5H,13H2,1-2H3. The molecule has 2 aromatic heterocycles. The van der Waals surface area contributed by atoms with Gasteiger partial charge in [0.15, 0.2) is 5.16 Å². The van der Waals surface area contributed by atoms with Gasteiger partial charge in [0, 0.05) is 17.6 Å². The second-order valence-electron chi connectivity index (χ2n) is 3.58. The van der Waals surface area contributed by atoms with Gasteiger partial charge >= 0.3 is 0 Å². The van der Waals surface area contributed by atoms with Crippen molar-refractivity contribution in [2.24, 2.45) is 0 Å². The topological polar surface area (TPSA) is 64.7 Å². The molecule has 0 radical (unpaired) electrons. The number of nitrogen functional groups attached to an aromatic ring is 1. The summed E-state index contributed by atoms with van der Waals surface area (Å²) < 4.78 is 0. The van der Waals surface area contributed by atoms with Crippen LogP contribution in [0.2, 0.25) is 5.02 Å². The molecule has 17 heavy (non-hydrogen) atoms. The van der Waals surface area contributed by atoms with Crippen LogP contribution in [0.15, 0.2) is 28.5 Å². The monoisotopic (exact) mass is 266 g/mol. The lowest BCUT2D eigenvalue weighted by molar-refractivity contribution is 0.899. The SMILES string of the molecule is Cc1cc(C)nc(Sc2ncc(Cl)cc2N)n1. The Labute approximate surface area is 109 Å². The Hall–Kier alpha value is -1.33. The Balaban J connectivity index is 2.31. The van der Waals surface area contributed by atoms with Crippen molar-refractivity contribution in [3.8, 4) is 0 Å². The number of aryl methyl sites for hydroxylation is 2. The number of pyridine rings is 1. The van der Waals surface area contributed by atoms with Gasteiger partial charge in [-0.25, -0.2) is 15.0 Å². The highest BCUT2D eigenvalue weighted by molar-refractivity contribution is 7.99. The second-order valence-corrected chi connectivity index (χ2v) is 4.98. The van der Waals surface area contributed by atoms with Crippen molar-refractivity contribution in [2.75, 3.05) is 5.73 Å². The van der Waals surface area contributed by atoms with Crippen LogP contribution in [0.25, 0.3) is 0 Å². The molecule has 0 atom stereocenters. The number of nitrogens with two attached hydrogens (primary N) is 1. The van der Waals surface area contributed by atoms with E-state index in [1.165, 1.54) is 11.8 Å². The van der Waals surface area contributed by atoms with Crippen LogP contribution in [0.5, 0.6) is 0 Å². The lowest BCUT2D eigenvalue weighted by Gasteiger charge is -2.04. The summed E-state index contributed by atoms with van der Waals surface area (Å²) in [5, 5.41) is 1.83. The van der Waals surface area contributed by atoms with Crippen LogP contribution in [-0.2, 0) is 0 Å². The summed E-state index contributed by atoms with van der Waals surface area (Å²) in [5.74, 6) is 0. The van der Waals surface area contributed by atoms with Gasteiger partial charge in [-0.1, -0.05) is 11.6 Å². The number of hydrogen-bond acceptors (Lipinski definition) is 5. The van der Waals surface area contributed by atoms with E-state index in [-0.39, 0.29) is 0 Å². The predicted molar refractivity (Wildman–Crippen MR) is 69.3 cm³/mol. The van der Waals surface area contributed by atoms with Gasteiger partial charge in [0.25, 0.3) is 0 Å². The molecule has 0 unspecified atom stereocenters. The third-order valence-electron chi connectivity index (χ3n) is 2.00. The smallest absolute Gasteiger partial charge is 0.194 e. The molecule has 88 valence electrons. The van der Waals surface area contributed by atoms with Crippen molar-refractivity contribution in [3.63, 3.8) is 0 Å². The van der Waals surface area contributed by atoms with Gasteiger partial charge in [0.1, 0.15) is 5.03 Å². The maximum atomic E-state index is 5.82. The number of rotatable bonds is 2. The minimum atomic E-state index is 0.521. The van der Waals surface area contributed by atoms with Gasteiger partial charge in [-0.3, -0.25) is 0 Å². The number of halogens is 1. The van der Waals surface area contributed by atoms with Crippen molar-refractivity contribution >= 4 is 29.1 Å². The Morgan fingerprint density at radius 3 is 2.41 bits per heavy atom. The third-order valence-corrected chi connectivity index (χ3v) is 3.10. The second kappa shape index (κ2) is 4.89. The third kappa shape index (κ3) is 3.08. The Kier molecular flexibility index (Phi) is 3.49. The number of aromatic nitrogens is 3. The zero-order valence-corrected chi connectivity index (χ0v) is 11.0. The number of hydrogen-bond donors (Lipinski definition) is 1. The van der Waals surface area contributed by atoms with Crippen molar-refractivity contribution in [1.29, 1.82) is 0 Å². The quantitative estimate of drug-likeness (QED) is 0.847. The van der Waals surface area contributed by atoms with Gasteiger partial charge in [-0.15, -0.1) is 0 Å². The van der Waals surface area contributed by atoms with E-state index in [1.807, 2.05) is 19.9 Å². The maximum Gasteiger partial charge on any atom is 0.194 e. The molecule has 2 N–H and O–H groups in total.